The minimum atomic E-state index is -0.619. The van der Waals surface area contributed by atoms with E-state index in [-0.39, 0.29) is 17.5 Å². The molecule has 0 aromatic carbocycles. The van der Waals surface area contributed by atoms with Gasteiger partial charge in [-0.05, 0) is 13.3 Å². The second-order valence-corrected chi connectivity index (χ2v) is 2.78. The van der Waals surface area contributed by atoms with Crippen LogP contribution in [-0.4, -0.2) is 30.6 Å². The average Bonchev–Trinajstić information content (AvgIpc) is 2.08. The number of esters is 1. The number of methoxy groups -OCH3 is 1. The van der Waals surface area contributed by atoms with Gasteiger partial charge >= 0.3 is 5.97 Å². The van der Waals surface area contributed by atoms with E-state index >= 15 is 0 Å². The van der Waals surface area contributed by atoms with E-state index < -0.39 is 5.97 Å². The van der Waals surface area contributed by atoms with E-state index in [0.29, 0.717) is 6.42 Å². The smallest absolute Gasteiger partial charge is 0.359 e. The SMILES string of the molecule is COC(=O)C1=NC(C)CCC1=O. The van der Waals surface area contributed by atoms with Crippen LogP contribution in [0.25, 0.3) is 0 Å². The van der Waals surface area contributed by atoms with Crippen LogP contribution in [0.1, 0.15) is 19.8 Å². The topological polar surface area (TPSA) is 55.7 Å². The number of aliphatic imine (C=N–C) groups is 1. The van der Waals surface area contributed by atoms with Crippen molar-refractivity contribution in [3.8, 4) is 0 Å². The van der Waals surface area contributed by atoms with Crippen LogP contribution in [0.4, 0.5) is 0 Å². The van der Waals surface area contributed by atoms with E-state index in [1.165, 1.54) is 7.11 Å². The Morgan fingerprint density at radius 1 is 1.67 bits per heavy atom. The zero-order chi connectivity index (χ0) is 9.14. The van der Waals surface area contributed by atoms with Crippen LogP contribution in [0.3, 0.4) is 0 Å². The van der Waals surface area contributed by atoms with Crippen molar-refractivity contribution in [2.24, 2.45) is 4.99 Å². The Hall–Kier alpha value is -1.19. The van der Waals surface area contributed by atoms with Crippen LogP contribution >= 0.6 is 0 Å². The molecule has 0 N–H and O–H groups in total. The minimum absolute atomic E-state index is 0.0312. The summed E-state index contributed by atoms with van der Waals surface area (Å²) >= 11 is 0. The Morgan fingerprint density at radius 2 is 2.33 bits per heavy atom. The molecule has 1 unspecified atom stereocenters. The van der Waals surface area contributed by atoms with Gasteiger partial charge in [-0.1, -0.05) is 0 Å². The highest BCUT2D eigenvalue weighted by molar-refractivity contribution is 6.64. The molecule has 0 aromatic rings. The van der Waals surface area contributed by atoms with E-state index in [1.807, 2.05) is 6.92 Å². The lowest BCUT2D eigenvalue weighted by Crippen LogP contribution is -2.31. The molecule has 0 spiro atoms. The van der Waals surface area contributed by atoms with Crippen LogP contribution < -0.4 is 0 Å². The van der Waals surface area contributed by atoms with Crippen LogP contribution in [0.5, 0.6) is 0 Å². The summed E-state index contributed by atoms with van der Waals surface area (Å²) in [6.45, 7) is 1.87. The molecule has 1 atom stereocenters. The lowest BCUT2D eigenvalue weighted by molar-refractivity contribution is -0.133. The Morgan fingerprint density at radius 3 is 2.92 bits per heavy atom. The van der Waals surface area contributed by atoms with Gasteiger partial charge in [-0.15, -0.1) is 0 Å². The summed E-state index contributed by atoms with van der Waals surface area (Å²) in [5.41, 5.74) is -0.0312. The van der Waals surface area contributed by atoms with Crippen molar-refractivity contribution in [2.45, 2.75) is 25.8 Å². The first kappa shape index (κ1) is 8.90. The molecule has 4 heteroatoms. The molecule has 1 aliphatic rings. The van der Waals surface area contributed by atoms with Crippen LogP contribution in [-0.2, 0) is 14.3 Å². The molecule has 4 nitrogen and oxygen atoms in total. The normalized spacial score (nSPS) is 23.3. The number of ketones is 1. The Balaban J connectivity index is 2.84. The predicted molar refractivity (Wildman–Crippen MR) is 43.2 cm³/mol. The highest BCUT2D eigenvalue weighted by Crippen LogP contribution is 2.10. The minimum Gasteiger partial charge on any atom is -0.464 e. The number of carbonyl (C=O) groups excluding carboxylic acids is 2. The van der Waals surface area contributed by atoms with Gasteiger partial charge in [0.2, 0.25) is 0 Å². The van der Waals surface area contributed by atoms with E-state index in [0.717, 1.165) is 6.42 Å². The highest BCUT2D eigenvalue weighted by Gasteiger charge is 2.25. The van der Waals surface area contributed by atoms with Crippen LogP contribution in [0, 0.1) is 0 Å². The fourth-order valence-corrected chi connectivity index (χ4v) is 1.08. The number of nitrogens with zero attached hydrogens (tertiary/aromatic N) is 1. The third-order valence-corrected chi connectivity index (χ3v) is 1.78. The number of hydrogen-bond acceptors (Lipinski definition) is 4. The maximum absolute atomic E-state index is 11.1. The summed E-state index contributed by atoms with van der Waals surface area (Å²) in [6.07, 6.45) is 1.12. The molecular weight excluding hydrogens is 158 g/mol. The lowest BCUT2D eigenvalue weighted by atomic mass is 10.0. The molecule has 0 bridgehead atoms. The molecule has 0 amide bonds. The van der Waals surface area contributed by atoms with Crippen molar-refractivity contribution in [3.05, 3.63) is 0 Å². The van der Waals surface area contributed by atoms with Crippen molar-refractivity contribution in [2.75, 3.05) is 7.11 Å². The largest absolute Gasteiger partial charge is 0.464 e. The third kappa shape index (κ3) is 1.69. The highest BCUT2D eigenvalue weighted by atomic mass is 16.5. The standard InChI is InChI=1S/C8H11NO3/c1-5-3-4-6(10)7(9-5)8(11)12-2/h5H,3-4H2,1-2H3. The van der Waals surface area contributed by atoms with Crippen molar-refractivity contribution in [3.63, 3.8) is 0 Å². The van der Waals surface area contributed by atoms with Gasteiger partial charge in [-0.25, -0.2) is 4.79 Å². The second kappa shape index (κ2) is 3.47. The molecule has 0 saturated carbocycles. The van der Waals surface area contributed by atoms with E-state index in [4.69, 9.17) is 0 Å². The summed E-state index contributed by atoms with van der Waals surface area (Å²) in [5, 5.41) is 0. The Labute approximate surface area is 70.6 Å². The van der Waals surface area contributed by atoms with Gasteiger partial charge in [0.15, 0.2) is 11.5 Å². The van der Waals surface area contributed by atoms with Gasteiger partial charge in [0.1, 0.15) is 0 Å². The van der Waals surface area contributed by atoms with Gasteiger partial charge in [0.05, 0.1) is 7.11 Å². The maximum atomic E-state index is 11.1. The molecule has 1 heterocycles. The Kier molecular flexibility index (Phi) is 2.58. The van der Waals surface area contributed by atoms with Crippen LogP contribution in [0.15, 0.2) is 4.99 Å². The number of hydrogen-bond donors (Lipinski definition) is 0. The second-order valence-electron chi connectivity index (χ2n) is 2.78. The molecule has 12 heavy (non-hydrogen) atoms. The van der Waals surface area contributed by atoms with Gasteiger partial charge < -0.3 is 4.74 Å². The fraction of sp³-hybridized carbons (Fsp3) is 0.625. The number of Topliss-reactive ketones (excluding diaryl/α,β-unsaturated/α-hetero) is 1. The molecule has 1 aliphatic heterocycles. The Bertz CT molecular complexity index is 245. The zero-order valence-corrected chi connectivity index (χ0v) is 7.16. The van der Waals surface area contributed by atoms with Crippen LogP contribution in [0.2, 0.25) is 0 Å². The number of rotatable bonds is 1. The van der Waals surface area contributed by atoms with Gasteiger partial charge in [-0.3, -0.25) is 9.79 Å². The van der Waals surface area contributed by atoms with Crippen molar-refractivity contribution >= 4 is 17.5 Å². The average molecular weight is 169 g/mol. The summed E-state index contributed by atoms with van der Waals surface area (Å²) in [6, 6.07) is 0.0526. The van der Waals surface area contributed by atoms with Gasteiger partial charge in [0, 0.05) is 12.5 Å². The quantitative estimate of drug-likeness (QED) is 0.532. The van der Waals surface area contributed by atoms with Crippen molar-refractivity contribution < 1.29 is 14.3 Å². The monoisotopic (exact) mass is 169 g/mol. The molecular formula is C8H11NO3. The molecule has 1 rings (SSSR count). The number of carbonyl (C=O) groups is 2. The summed E-state index contributed by atoms with van der Waals surface area (Å²) in [7, 11) is 1.25. The molecule has 66 valence electrons. The van der Waals surface area contributed by atoms with E-state index in [2.05, 4.69) is 9.73 Å². The maximum Gasteiger partial charge on any atom is 0.359 e. The van der Waals surface area contributed by atoms with E-state index in [1.54, 1.807) is 0 Å². The molecule has 0 aromatic heterocycles. The fourth-order valence-electron chi connectivity index (χ4n) is 1.08. The summed E-state index contributed by atoms with van der Waals surface area (Å²) in [5.74, 6) is -0.827. The van der Waals surface area contributed by atoms with Crippen molar-refractivity contribution in [1.29, 1.82) is 0 Å². The third-order valence-electron chi connectivity index (χ3n) is 1.78. The summed E-state index contributed by atoms with van der Waals surface area (Å²) in [4.78, 5) is 26.0. The molecule has 0 aliphatic carbocycles. The van der Waals surface area contributed by atoms with Gasteiger partial charge in [-0.2, -0.15) is 0 Å². The van der Waals surface area contributed by atoms with Crippen molar-refractivity contribution in [1.82, 2.24) is 0 Å². The first-order valence-electron chi connectivity index (χ1n) is 3.84. The zero-order valence-electron chi connectivity index (χ0n) is 7.16. The summed E-state index contributed by atoms with van der Waals surface area (Å²) < 4.78 is 4.42. The molecule has 0 radical (unpaired) electrons. The first-order valence-corrected chi connectivity index (χ1v) is 3.84. The lowest BCUT2D eigenvalue weighted by Gasteiger charge is -2.13. The predicted octanol–water partition coefficient (Wildman–Crippen LogP) is 0.352. The first-order chi connectivity index (χ1) is 5.65. The van der Waals surface area contributed by atoms with Gasteiger partial charge in [0.25, 0.3) is 0 Å². The van der Waals surface area contributed by atoms with E-state index in [9.17, 15) is 9.59 Å². The molecule has 0 fully saturated rings. The molecule has 0 saturated heterocycles. The number of ether oxygens (including phenoxy) is 1.